The standard InChI is InChI=1S/C28H28FN3O2/c1-19-2-6-22(7-3-19)27-25-16-23(8-11-26(25)31-34-27)28(33)30-17-20-12-14-32(15-13-20)18-21-4-9-24(29)10-5-21/h2-11,16,20H,12-15,17-18H2,1H3,(H,30,33). The van der Waals surface area contributed by atoms with Crippen molar-refractivity contribution in [1.29, 1.82) is 0 Å². The molecule has 1 aromatic heterocycles. The molecule has 1 aliphatic rings. The Labute approximate surface area is 198 Å². The number of fused-ring (bicyclic) bond motifs is 1. The summed E-state index contributed by atoms with van der Waals surface area (Å²) in [6.45, 7) is 5.49. The number of nitrogens with one attached hydrogen (secondary N) is 1. The lowest BCUT2D eigenvalue weighted by Gasteiger charge is -2.32. The van der Waals surface area contributed by atoms with E-state index in [9.17, 15) is 9.18 Å². The predicted octanol–water partition coefficient (Wildman–Crippen LogP) is 5.58. The van der Waals surface area contributed by atoms with Crippen LogP contribution in [0.4, 0.5) is 4.39 Å². The molecule has 1 amide bonds. The van der Waals surface area contributed by atoms with Crippen molar-refractivity contribution in [3.63, 3.8) is 0 Å². The topological polar surface area (TPSA) is 58.4 Å². The third-order valence-corrected chi connectivity index (χ3v) is 6.63. The highest BCUT2D eigenvalue weighted by Crippen LogP contribution is 2.29. The molecule has 0 saturated carbocycles. The summed E-state index contributed by atoms with van der Waals surface area (Å²) in [6.07, 6.45) is 2.06. The number of hydrogen-bond acceptors (Lipinski definition) is 4. The Morgan fingerprint density at radius 3 is 2.53 bits per heavy atom. The summed E-state index contributed by atoms with van der Waals surface area (Å²) < 4.78 is 18.7. The Hall–Kier alpha value is -3.51. The highest BCUT2D eigenvalue weighted by atomic mass is 19.1. The van der Waals surface area contributed by atoms with Gasteiger partial charge in [0.2, 0.25) is 0 Å². The number of nitrogens with zero attached hydrogens (tertiary/aromatic N) is 2. The Bertz CT molecular complexity index is 1270. The van der Waals surface area contributed by atoms with Crippen molar-refractivity contribution in [2.45, 2.75) is 26.3 Å². The predicted molar refractivity (Wildman–Crippen MR) is 131 cm³/mol. The summed E-state index contributed by atoms with van der Waals surface area (Å²) >= 11 is 0. The van der Waals surface area contributed by atoms with Crippen LogP contribution >= 0.6 is 0 Å². The van der Waals surface area contributed by atoms with Gasteiger partial charge in [0.15, 0.2) is 5.76 Å². The summed E-state index contributed by atoms with van der Waals surface area (Å²) in [5.74, 6) is 0.855. The smallest absolute Gasteiger partial charge is 0.251 e. The molecule has 0 radical (unpaired) electrons. The van der Waals surface area contributed by atoms with Gasteiger partial charge in [0, 0.05) is 24.2 Å². The fourth-order valence-electron chi connectivity index (χ4n) is 4.53. The molecule has 0 atom stereocenters. The SMILES string of the molecule is Cc1ccc(-c2onc3ccc(C(=O)NCC4CCN(Cc5ccc(F)cc5)CC4)cc23)cc1. The van der Waals surface area contributed by atoms with Crippen molar-refractivity contribution in [3.8, 4) is 11.3 Å². The van der Waals surface area contributed by atoms with Crippen LogP contribution in [-0.4, -0.2) is 35.6 Å². The minimum atomic E-state index is -0.201. The van der Waals surface area contributed by atoms with Crippen LogP contribution in [0.3, 0.4) is 0 Å². The average Bonchev–Trinajstić information content (AvgIpc) is 3.28. The van der Waals surface area contributed by atoms with E-state index in [0.29, 0.717) is 23.8 Å². The second-order valence-electron chi connectivity index (χ2n) is 9.17. The molecule has 174 valence electrons. The van der Waals surface area contributed by atoms with Gasteiger partial charge >= 0.3 is 0 Å². The molecule has 2 heterocycles. The van der Waals surface area contributed by atoms with Crippen LogP contribution in [0.15, 0.2) is 71.3 Å². The first-order valence-corrected chi connectivity index (χ1v) is 11.8. The first kappa shape index (κ1) is 22.3. The lowest BCUT2D eigenvalue weighted by Crippen LogP contribution is -2.38. The van der Waals surface area contributed by atoms with Gasteiger partial charge in [-0.25, -0.2) is 4.39 Å². The van der Waals surface area contributed by atoms with E-state index >= 15 is 0 Å². The summed E-state index contributed by atoms with van der Waals surface area (Å²) in [6, 6.07) is 20.3. The molecule has 1 N–H and O–H groups in total. The summed E-state index contributed by atoms with van der Waals surface area (Å²) in [7, 11) is 0. The maximum absolute atomic E-state index is 13.1. The first-order valence-electron chi connectivity index (χ1n) is 11.8. The summed E-state index contributed by atoms with van der Waals surface area (Å²) in [5.41, 5.74) is 4.59. The van der Waals surface area contributed by atoms with Gasteiger partial charge < -0.3 is 9.84 Å². The molecule has 6 heteroatoms. The van der Waals surface area contributed by atoms with Gasteiger partial charge in [0.05, 0.1) is 5.39 Å². The Balaban J connectivity index is 1.17. The summed E-state index contributed by atoms with van der Waals surface area (Å²) in [5, 5.41) is 8.10. The van der Waals surface area contributed by atoms with Gasteiger partial charge in [0.25, 0.3) is 5.91 Å². The zero-order chi connectivity index (χ0) is 23.5. The number of carbonyl (C=O) groups excluding carboxylic acids is 1. The van der Waals surface area contributed by atoms with E-state index in [1.807, 2.05) is 55.5 Å². The molecule has 0 spiro atoms. The van der Waals surface area contributed by atoms with Crippen molar-refractivity contribution in [2.24, 2.45) is 5.92 Å². The number of piperidine rings is 1. The van der Waals surface area contributed by atoms with E-state index in [1.54, 1.807) is 6.07 Å². The highest BCUT2D eigenvalue weighted by Gasteiger charge is 2.20. The Kier molecular flexibility index (Phi) is 6.41. The number of likely N-dealkylation sites (tertiary alicyclic amines) is 1. The molecule has 5 nitrogen and oxygen atoms in total. The maximum atomic E-state index is 13.1. The molecule has 0 aliphatic carbocycles. The van der Waals surface area contributed by atoms with Crippen LogP contribution in [0.2, 0.25) is 0 Å². The molecule has 3 aromatic carbocycles. The molecular formula is C28H28FN3O2. The molecular weight excluding hydrogens is 429 g/mol. The lowest BCUT2D eigenvalue weighted by atomic mass is 9.96. The van der Waals surface area contributed by atoms with E-state index in [1.165, 1.54) is 17.7 Å². The first-order chi connectivity index (χ1) is 16.5. The molecule has 5 rings (SSSR count). The van der Waals surface area contributed by atoms with Gasteiger partial charge in [-0.05, 0) is 74.7 Å². The quantitative estimate of drug-likeness (QED) is 0.410. The molecule has 34 heavy (non-hydrogen) atoms. The fraction of sp³-hybridized carbons (Fsp3) is 0.286. The minimum Gasteiger partial charge on any atom is -0.355 e. The zero-order valence-electron chi connectivity index (χ0n) is 19.3. The number of aryl methyl sites for hydroxylation is 1. The largest absolute Gasteiger partial charge is 0.355 e. The number of halogens is 1. The van der Waals surface area contributed by atoms with Crippen molar-refractivity contribution in [3.05, 3.63) is 89.2 Å². The van der Waals surface area contributed by atoms with Crippen LogP contribution in [0.25, 0.3) is 22.2 Å². The van der Waals surface area contributed by atoms with Gasteiger partial charge in [-0.1, -0.05) is 47.1 Å². The van der Waals surface area contributed by atoms with Gasteiger partial charge in [0.1, 0.15) is 11.3 Å². The highest BCUT2D eigenvalue weighted by molar-refractivity contribution is 6.01. The monoisotopic (exact) mass is 457 g/mol. The summed E-state index contributed by atoms with van der Waals surface area (Å²) in [4.78, 5) is 15.3. The molecule has 1 aliphatic heterocycles. The molecule has 0 bridgehead atoms. The Morgan fingerprint density at radius 2 is 1.79 bits per heavy atom. The number of carbonyl (C=O) groups is 1. The fourth-order valence-corrected chi connectivity index (χ4v) is 4.53. The van der Waals surface area contributed by atoms with E-state index in [2.05, 4.69) is 15.4 Å². The lowest BCUT2D eigenvalue weighted by molar-refractivity contribution is 0.0935. The van der Waals surface area contributed by atoms with Crippen molar-refractivity contribution < 1.29 is 13.7 Å². The number of amides is 1. The van der Waals surface area contributed by atoms with Crippen LogP contribution < -0.4 is 5.32 Å². The van der Waals surface area contributed by atoms with Gasteiger partial charge in [-0.3, -0.25) is 9.69 Å². The van der Waals surface area contributed by atoms with Crippen molar-refractivity contribution in [2.75, 3.05) is 19.6 Å². The number of hydrogen-bond donors (Lipinski definition) is 1. The third kappa shape index (κ3) is 5.02. The number of rotatable bonds is 6. The van der Waals surface area contributed by atoms with Crippen LogP contribution in [0, 0.1) is 18.7 Å². The maximum Gasteiger partial charge on any atom is 0.251 e. The van der Waals surface area contributed by atoms with E-state index in [0.717, 1.165) is 54.5 Å². The van der Waals surface area contributed by atoms with E-state index in [-0.39, 0.29) is 11.7 Å². The molecule has 1 fully saturated rings. The van der Waals surface area contributed by atoms with Gasteiger partial charge in [-0.2, -0.15) is 0 Å². The van der Waals surface area contributed by atoms with Gasteiger partial charge in [-0.15, -0.1) is 0 Å². The van der Waals surface area contributed by atoms with Crippen LogP contribution in [-0.2, 0) is 6.54 Å². The minimum absolute atomic E-state index is 0.0771. The third-order valence-electron chi connectivity index (χ3n) is 6.63. The second-order valence-corrected chi connectivity index (χ2v) is 9.17. The van der Waals surface area contributed by atoms with Crippen molar-refractivity contribution >= 4 is 16.8 Å². The molecule has 0 unspecified atom stereocenters. The average molecular weight is 458 g/mol. The normalized spacial score (nSPS) is 15.0. The van der Waals surface area contributed by atoms with Crippen LogP contribution in [0.5, 0.6) is 0 Å². The second kappa shape index (κ2) is 9.77. The Morgan fingerprint density at radius 1 is 1.06 bits per heavy atom. The molecule has 4 aromatic rings. The van der Waals surface area contributed by atoms with E-state index in [4.69, 9.17) is 4.52 Å². The van der Waals surface area contributed by atoms with E-state index < -0.39 is 0 Å². The molecule has 1 saturated heterocycles. The van der Waals surface area contributed by atoms with Crippen molar-refractivity contribution in [1.82, 2.24) is 15.4 Å². The number of benzene rings is 3. The number of aromatic nitrogens is 1. The zero-order valence-corrected chi connectivity index (χ0v) is 19.3. The van der Waals surface area contributed by atoms with Crippen LogP contribution in [0.1, 0.15) is 34.3 Å².